The third-order valence-electron chi connectivity index (χ3n) is 2.93. The smallest absolute Gasteiger partial charge is 0.153 e. The van der Waals surface area contributed by atoms with Crippen LogP contribution in [0.3, 0.4) is 0 Å². The average Bonchev–Trinajstić information content (AvgIpc) is 2.19. The highest BCUT2D eigenvalue weighted by Gasteiger charge is 2.36. The molecule has 0 spiro atoms. The third kappa shape index (κ3) is 1.65. The Labute approximate surface area is 93.5 Å². The maximum absolute atomic E-state index is 10.7. The summed E-state index contributed by atoms with van der Waals surface area (Å²) in [5.74, 6) is 0.430. The molecular formula is C12H14O4. The standard InChI is InChI=1S/C12H14O4/c1-12(2)11(15)4-7-3-8(6-13)9(14)5-10(7)16-12/h3,5-6,11,14-15H,4H2,1-2H3. The zero-order valence-electron chi connectivity index (χ0n) is 9.23. The summed E-state index contributed by atoms with van der Waals surface area (Å²) in [4.78, 5) is 10.7. The number of aliphatic hydroxyl groups is 1. The molecule has 1 aliphatic rings. The van der Waals surface area contributed by atoms with Crippen LogP contribution < -0.4 is 4.74 Å². The lowest BCUT2D eigenvalue weighted by Crippen LogP contribution is -2.46. The normalized spacial score (nSPS) is 22.1. The number of aliphatic hydroxyl groups excluding tert-OH is 1. The summed E-state index contributed by atoms with van der Waals surface area (Å²) >= 11 is 0. The van der Waals surface area contributed by atoms with E-state index in [0.29, 0.717) is 18.5 Å². The summed E-state index contributed by atoms with van der Waals surface area (Å²) in [5, 5.41) is 19.4. The first kappa shape index (κ1) is 11.0. The Bertz CT molecular complexity index is 437. The maximum Gasteiger partial charge on any atom is 0.153 e. The molecule has 0 aromatic heterocycles. The van der Waals surface area contributed by atoms with Gasteiger partial charge in [-0.1, -0.05) is 0 Å². The van der Waals surface area contributed by atoms with E-state index in [0.717, 1.165) is 5.56 Å². The Hall–Kier alpha value is -1.55. The van der Waals surface area contributed by atoms with Crippen molar-refractivity contribution in [2.45, 2.75) is 32.0 Å². The Morgan fingerprint density at radius 2 is 2.19 bits per heavy atom. The van der Waals surface area contributed by atoms with E-state index in [1.54, 1.807) is 19.9 Å². The number of fused-ring (bicyclic) bond motifs is 1. The van der Waals surface area contributed by atoms with Gasteiger partial charge in [0.2, 0.25) is 0 Å². The monoisotopic (exact) mass is 222 g/mol. The predicted molar refractivity (Wildman–Crippen MR) is 57.9 cm³/mol. The molecule has 1 aromatic rings. The molecule has 4 heteroatoms. The molecule has 86 valence electrons. The number of hydrogen-bond acceptors (Lipinski definition) is 4. The lowest BCUT2D eigenvalue weighted by Gasteiger charge is -2.37. The van der Waals surface area contributed by atoms with Gasteiger partial charge in [0, 0.05) is 12.5 Å². The highest BCUT2D eigenvalue weighted by atomic mass is 16.5. The highest BCUT2D eigenvalue weighted by molar-refractivity contribution is 5.80. The molecule has 0 aliphatic carbocycles. The molecule has 4 nitrogen and oxygen atoms in total. The average molecular weight is 222 g/mol. The van der Waals surface area contributed by atoms with E-state index in [1.165, 1.54) is 6.07 Å². The number of carbonyl (C=O) groups excluding carboxylic acids is 1. The van der Waals surface area contributed by atoms with E-state index < -0.39 is 11.7 Å². The fourth-order valence-corrected chi connectivity index (χ4v) is 1.79. The minimum atomic E-state index is -0.678. The van der Waals surface area contributed by atoms with Crippen LogP contribution in [0.2, 0.25) is 0 Å². The first-order valence-electron chi connectivity index (χ1n) is 5.12. The molecule has 1 aromatic carbocycles. The molecule has 0 bridgehead atoms. The topological polar surface area (TPSA) is 66.8 Å². The molecule has 0 saturated carbocycles. The van der Waals surface area contributed by atoms with Gasteiger partial charge in [0.1, 0.15) is 17.1 Å². The maximum atomic E-state index is 10.7. The van der Waals surface area contributed by atoms with Crippen molar-refractivity contribution < 1.29 is 19.7 Å². The van der Waals surface area contributed by atoms with Gasteiger partial charge in [-0.15, -0.1) is 0 Å². The van der Waals surface area contributed by atoms with Gasteiger partial charge in [-0.05, 0) is 25.5 Å². The van der Waals surface area contributed by atoms with Crippen LogP contribution in [0, 0.1) is 0 Å². The molecule has 0 amide bonds. The number of aromatic hydroxyl groups is 1. The van der Waals surface area contributed by atoms with Crippen molar-refractivity contribution in [3.8, 4) is 11.5 Å². The van der Waals surface area contributed by atoms with E-state index in [2.05, 4.69) is 0 Å². The van der Waals surface area contributed by atoms with Crippen molar-refractivity contribution >= 4 is 6.29 Å². The summed E-state index contributed by atoms with van der Waals surface area (Å²) in [6, 6.07) is 2.98. The van der Waals surface area contributed by atoms with Crippen molar-refractivity contribution in [2.24, 2.45) is 0 Å². The molecule has 2 N–H and O–H groups in total. The van der Waals surface area contributed by atoms with Crippen LogP contribution in [0.1, 0.15) is 29.8 Å². The van der Waals surface area contributed by atoms with Gasteiger partial charge in [0.05, 0.1) is 11.7 Å². The predicted octanol–water partition coefficient (Wildman–Crippen LogP) is 1.28. The molecule has 2 rings (SSSR count). The lowest BCUT2D eigenvalue weighted by atomic mass is 9.90. The SMILES string of the molecule is CC1(C)Oc2cc(O)c(C=O)cc2CC1O. The number of phenolic OH excluding ortho intramolecular Hbond substituents is 1. The second-order valence-electron chi connectivity index (χ2n) is 4.56. The number of benzene rings is 1. The summed E-state index contributed by atoms with van der Waals surface area (Å²) in [7, 11) is 0. The molecule has 0 radical (unpaired) electrons. The summed E-state index contributed by atoms with van der Waals surface area (Å²) in [5.41, 5.74) is 0.281. The van der Waals surface area contributed by atoms with Gasteiger partial charge in [-0.3, -0.25) is 4.79 Å². The number of hydrogen-bond donors (Lipinski definition) is 2. The van der Waals surface area contributed by atoms with E-state index in [1.807, 2.05) is 0 Å². The fourth-order valence-electron chi connectivity index (χ4n) is 1.79. The van der Waals surface area contributed by atoms with Gasteiger partial charge in [0.15, 0.2) is 6.29 Å². The minimum absolute atomic E-state index is 0.0964. The first-order valence-corrected chi connectivity index (χ1v) is 5.12. The summed E-state index contributed by atoms with van der Waals surface area (Å²) in [6.45, 7) is 3.57. The Kier molecular flexibility index (Phi) is 2.39. The van der Waals surface area contributed by atoms with Gasteiger partial charge in [-0.2, -0.15) is 0 Å². The Balaban J connectivity index is 2.48. The molecule has 1 aliphatic heterocycles. The molecule has 1 unspecified atom stereocenters. The van der Waals surface area contributed by atoms with E-state index >= 15 is 0 Å². The Morgan fingerprint density at radius 3 is 2.81 bits per heavy atom. The van der Waals surface area contributed by atoms with Crippen molar-refractivity contribution in [2.75, 3.05) is 0 Å². The zero-order valence-corrected chi connectivity index (χ0v) is 9.23. The quantitative estimate of drug-likeness (QED) is 0.702. The molecule has 1 atom stereocenters. The van der Waals surface area contributed by atoms with Crippen LogP contribution in [0.25, 0.3) is 0 Å². The van der Waals surface area contributed by atoms with Crippen LogP contribution in [-0.2, 0) is 6.42 Å². The number of rotatable bonds is 1. The number of aldehydes is 1. The Morgan fingerprint density at radius 1 is 1.50 bits per heavy atom. The third-order valence-corrected chi connectivity index (χ3v) is 2.93. The lowest BCUT2D eigenvalue weighted by molar-refractivity contribution is -0.0412. The molecule has 0 fully saturated rings. The van der Waals surface area contributed by atoms with Crippen LogP contribution in [-0.4, -0.2) is 28.2 Å². The van der Waals surface area contributed by atoms with Crippen molar-refractivity contribution in [1.29, 1.82) is 0 Å². The van der Waals surface area contributed by atoms with Crippen molar-refractivity contribution in [3.63, 3.8) is 0 Å². The molecule has 0 saturated heterocycles. The van der Waals surface area contributed by atoms with Gasteiger partial charge in [0.25, 0.3) is 0 Å². The van der Waals surface area contributed by atoms with Crippen LogP contribution in [0.15, 0.2) is 12.1 Å². The van der Waals surface area contributed by atoms with Crippen LogP contribution in [0.4, 0.5) is 0 Å². The van der Waals surface area contributed by atoms with Crippen molar-refractivity contribution in [1.82, 2.24) is 0 Å². The summed E-state index contributed by atoms with van der Waals surface area (Å²) in [6.07, 6.45) is 0.384. The highest BCUT2D eigenvalue weighted by Crippen LogP contribution is 2.36. The number of phenols is 1. The van der Waals surface area contributed by atoms with Crippen LogP contribution in [0.5, 0.6) is 11.5 Å². The molecule has 16 heavy (non-hydrogen) atoms. The van der Waals surface area contributed by atoms with Gasteiger partial charge in [-0.25, -0.2) is 0 Å². The van der Waals surface area contributed by atoms with Crippen LogP contribution >= 0.6 is 0 Å². The van der Waals surface area contributed by atoms with E-state index in [-0.39, 0.29) is 11.3 Å². The molecule has 1 heterocycles. The number of ether oxygens (including phenoxy) is 1. The fraction of sp³-hybridized carbons (Fsp3) is 0.417. The summed E-state index contributed by atoms with van der Waals surface area (Å²) < 4.78 is 5.59. The second-order valence-corrected chi connectivity index (χ2v) is 4.56. The van der Waals surface area contributed by atoms with Crippen molar-refractivity contribution in [3.05, 3.63) is 23.3 Å². The first-order chi connectivity index (χ1) is 7.44. The van der Waals surface area contributed by atoms with E-state index in [9.17, 15) is 15.0 Å². The number of carbonyl (C=O) groups is 1. The second kappa shape index (κ2) is 3.49. The van der Waals surface area contributed by atoms with E-state index in [4.69, 9.17) is 4.74 Å². The minimum Gasteiger partial charge on any atom is -0.507 e. The zero-order chi connectivity index (χ0) is 11.9. The van der Waals surface area contributed by atoms with Gasteiger partial charge < -0.3 is 14.9 Å². The molecular weight excluding hydrogens is 208 g/mol. The van der Waals surface area contributed by atoms with Gasteiger partial charge >= 0.3 is 0 Å². The largest absolute Gasteiger partial charge is 0.507 e.